The monoisotopic (exact) mass is 186 g/mol. The van der Waals surface area contributed by atoms with Crippen molar-refractivity contribution in [3.63, 3.8) is 0 Å². The van der Waals surface area contributed by atoms with Crippen molar-refractivity contribution >= 4 is 12.0 Å². The molecule has 0 aromatic carbocycles. The molecule has 0 radical (unpaired) electrons. The fourth-order valence-electron chi connectivity index (χ4n) is 1.51. The predicted molar refractivity (Wildman–Crippen MR) is 45.9 cm³/mol. The average molecular weight is 186 g/mol. The predicted octanol–water partition coefficient (Wildman–Crippen LogP) is -0.0515. The molecular formula is C8H14N2O3. The topological polar surface area (TPSA) is 72.6 Å². The lowest BCUT2D eigenvalue weighted by molar-refractivity contribution is -0.134. The van der Waals surface area contributed by atoms with E-state index in [1.165, 1.54) is 4.90 Å². The van der Waals surface area contributed by atoms with E-state index in [0.717, 1.165) is 0 Å². The van der Waals surface area contributed by atoms with Gasteiger partial charge >= 0.3 is 6.09 Å². The van der Waals surface area contributed by atoms with Gasteiger partial charge in [-0.25, -0.2) is 4.79 Å². The first-order valence-electron chi connectivity index (χ1n) is 4.07. The van der Waals surface area contributed by atoms with Crippen molar-refractivity contribution in [3.8, 4) is 0 Å². The van der Waals surface area contributed by atoms with Gasteiger partial charge in [-0.3, -0.25) is 4.79 Å². The molecule has 13 heavy (non-hydrogen) atoms. The molecule has 1 aliphatic rings. The van der Waals surface area contributed by atoms with E-state index in [4.69, 9.17) is 10.5 Å². The van der Waals surface area contributed by atoms with Crippen LogP contribution in [0, 0.1) is 5.41 Å². The third-order valence-corrected chi connectivity index (χ3v) is 2.40. The average Bonchev–Trinajstić information content (AvgIpc) is 2.15. The number of hydrogen-bond acceptors (Lipinski definition) is 3. The van der Waals surface area contributed by atoms with Crippen molar-refractivity contribution in [1.29, 1.82) is 0 Å². The van der Waals surface area contributed by atoms with Gasteiger partial charge in [0, 0.05) is 7.05 Å². The molecule has 74 valence electrons. The molecule has 0 spiro atoms. The van der Waals surface area contributed by atoms with E-state index < -0.39 is 17.6 Å². The highest BCUT2D eigenvalue weighted by Gasteiger charge is 2.47. The third kappa shape index (κ3) is 1.59. The quantitative estimate of drug-likeness (QED) is 0.624. The number of nitrogens with two attached hydrogens (primary N) is 1. The number of primary amides is 1. The Hall–Kier alpha value is -1.26. The molecular weight excluding hydrogens is 172 g/mol. The Morgan fingerprint density at radius 3 is 2.54 bits per heavy atom. The standard InChI is InChI=1S/C8H14N2O3/c1-8(2)5(13-7(9)12)4-10(3)6(8)11/h5H,4H2,1-3H3,(H2,9,12). The molecule has 1 aliphatic heterocycles. The minimum atomic E-state index is -0.832. The summed E-state index contributed by atoms with van der Waals surface area (Å²) < 4.78 is 4.84. The zero-order valence-electron chi connectivity index (χ0n) is 8.03. The molecule has 0 aromatic heterocycles. The first-order chi connectivity index (χ1) is 5.85. The van der Waals surface area contributed by atoms with Crippen LogP contribution in [-0.2, 0) is 9.53 Å². The van der Waals surface area contributed by atoms with Crippen LogP contribution >= 0.6 is 0 Å². The molecule has 1 atom stereocenters. The van der Waals surface area contributed by atoms with Gasteiger partial charge in [0.15, 0.2) is 0 Å². The minimum Gasteiger partial charge on any atom is -0.443 e. The van der Waals surface area contributed by atoms with E-state index in [2.05, 4.69) is 0 Å². The Morgan fingerprint density at radius 1 is 1.69 bits per heavy atom. The van der Waals surface area contributed by atoms with Gasteiger partial charge in [0.25, 0.3) is 0 Å². The second kappa shape index (κ2) is 2.90. The molecule has 1 unspecified atom stereocenters. The molecule has 0 saturated carbocycles. The molecule has 5 nitrogen and oxygen atoms in total. The van der Waals surface area contributed by atoms with Gasteiger partial charge in [-0.2, -0.15) is 0 Å². The van der Waals surface area contributed by atoms with Crippen molar-refractivity contribution in [2.24, 2.45) is 11.1 Å². The van der Waals surface area contributed by atoms with Crippen molar-refractivity contribution in [2.45, 2.75) is 20.0 Å². The molecule has 0 aromatic rings. The molecule has 1 saturated heterocycles. The number of carbonyl (C=O) groups excluding carboxylic acids is 2. The van der Waals surface area contributed by atoms with Gasteiger partial charge in [-0.1, -0.05) is 0 Å². The number of carbonyl (C=O) groups is 2. The number of hydrogen-bond donors (Lipinski definition) is 1. The van der Waals surface area contributed by atoms with Crippen LogP contribution < -0.4 is 5.73 Å². The summed E-state index contributed by atoms with van der Waals surface area (Å²) in [6.07, 6.45) is -1.27. The lowest BCUT2D eigenvalue weighted by atomic mass is 9.89. The van der Waals surface area contributed by atoms with E-state index in [0.29, 0.717) is 6.54 Å². The van der Waals surface area contributed by atoms with E-state index >= 15 is 0 Å². The van der Waals surface area contributed by atoms with E-state index in [1.807, 2.05) is 0 Å². The van der Waals surface area contributed by atoms with E-state index in [9.17, 15) is 9.59 Å². The number of ether oxygens (including phenoxy) is 1. The van der Waals surface area contributed by atoms with Gasteiger partial charge < -0.3 is 15.4 Å². The zero-order chi connectivity index (χ0) is 10.2. The van der Waals surface area contributed by atoms with Crippen LogP contribution in [0.4, 0.5) is 4.79 Å². The van der Waals surface area contributed by atoms with Crippen molar-refractivity contribution < 1.29 is 14.3 Å². The molecule has 1 rings (SSSR count). The Morgan fingerprint density at radius 2 is 2.23 bits per heavy atom. The normalized spacial score (nSPS) is 26.2. The lowest BCUT2D eigenvalue weighted by Crippen LogP contribution is -2.36. The van der Waals surface area contributed by atoms with E-state index in [-0.39, 0.29) is 5.91 Å². The lowest BCUT2D eigenvalue weighted by Gasteiger charge is -2.21. The van der Waals surface area contributed by atoms with E-state index in [1.54, 1.807) is 20.9 Å². The fourth-order valence-corrected chi connectivity index (χ4v) is 1.51. The van der Waals surface area contributed by atoms with Gasteiger partial charge in [-0.15, -0.1) is 0 Å². The molecule has 0 bridgehead atoms. The highest BCUT2D eigenvalue weighted by molar-refractivity contribution is 5.85. The number of amides is 2. The summed E-state index contributed by atoms with van der Waals surface area (Å²) in [5.74, 6) is -0.0289. The Bertz CT molecular complexity index is 250. The van der Waals surface area contributed by atoms with Crippen LogP contribution in [0.1, 0.15) is 13.8 Å². The largest absolute Gasteiger partial charge is 0.443 e. The SMILES string of the molecule is CN1CC(OC(N)=O)C(C)(C)C1=O. The maximum Gasteiger partial charge on any atom is 0.404 e. The molecule has 0 aliphatic carbocycles. The Kier molecular flexibility index (Phi) is 2.19. The molecule has 5 heteroatoms. The maximum absolute atomic E-state index is 11.5. The highest BCUT2D eigenvalue weighted by Crippen LogP contribution is 2.32. The second-order valence-electron chi connectivity index (χ2n) is 3.83. The van der Waals surface area contributed by atoms with Gasteiger partial charge in [0.1, 0.15) is 6.10 Å². The first-order valence-corrected chi connectivity index (χ1v) is 4.07. The van der Waals surface area contributed by atoms with Crippen molar-refractivity contribution in [1.82, 2.24) is 4.90 Å². The number of rotatable bonds is 1. The summed E-state index contributed by atoms with van der Waals surface area (Å²) in [4.78, 5) is 23.6. The third-order valence-electron chi connectivity index (χ3n) is 2.40. The molecule has 1 fully saturated rings. The minimum absolute atomic E-state index is 0.0289. The van der Waals surface area contributed by atoms with Gasteiger partial charge in [-0.05, 0) is 13.8 Å². The Balaban J connectivity index is 2.78. The second-order valence-corrected chi connectivity index (χ2v) is 3.83. The maximum atomic E-state index is 11.5. The van der Waals surface area contributed by atoms with Crippen LogP contribution in [0.3, 0.4) is 0 Å². The zero-order valence-corrected chi connectivity index (χ0v) is 8.03. The van der Waals surface area contributed by atoms with Gasteiger partial charge in [0.2, 0.25) is 5.91 Å². The van der Waals surface area contributed by atoms with Crippen LogP contribution in [-0.4, -0.2) is 36.6 Å². The number of likely N-dealkylation sites (tertiary alicyclic amines) is 1. The fraction of sp³-hybridized carbons (Fsp3) is 0.750. The number of nitrogens with zero attached hydrogens (tertiary/aromatic N) is 1. The Labute approximate surface area is 76.8 Å². The molecule has 1 heterocycles. The number of likely N-dealkylation sites (N-methyl/N-ethyl adjacent to an activating group) is 1. The summed E-state index contributed by atoms with van der Waals surface area (Å²) in [5.41, 5.74) is 4.23. The first kappa shape index (κ1) is 9.83. The van der Waals surface area contributed by atoms with Crippen LogP contribution in [0.5, 0.6) is 0 Å². The highest BCUT2D eigenvalue weighted by atomic mass is 16.6. The van der Waals surface area contributed by atoms with Crippen LogP contribution in [0.25, 0.3) is 0 Å². The summed E-state index contributed by atoms with van der Waals surface area (Å²) in [6, 6.07) is 0. The molecule has 2 amide bonds. The van der Waals surface area contributed by atoms with Crippen LogP contribution in [0.2, 0.25) is 0 Å². The molecule has 2 N–H and O–H groups in total. The smallest absolute Gasteiger partial charge is 0.404 e. The summed E-state index contributed by atoms with van der Waals surface area (Å²) >= 11 is 0. The summed E-state index contributed by atoms with van der Waals surface area (Å²) in [5, 5.41) is 0. The summed E-state index contributed by atoms with van der Waals surface area (Å²) in [7, 11) is 1.68. The summed E-state index contributed by atoms with van der Waals surface area (Å²) in [6.45, 7) is 3.90. The van der Waals surface area contributed by atoms with Gasteiger partial charge in [0.05, 0.1) is 12.0 Å². The van der Waals surface area contributed by atoms with Crippen LogP contribution in [0.15, 0.2) is 0 Å². The van der Waals surface area contributed by atoms with Crippen molar-refractivity contribution in [3.05, 3.63) is 0 Å². The van der Waals surface area contributed by atoms with Crippen molar-refractivity contribution in [2.75, 3.05) is 13.6 Å².